The molecule has 3 rings (SSSR count). The fourth-order valence-electron chi connectivity index (χ4n) is 2.53. The molecule has 0 atom stereocenters. The maximum atomic E-state index is 6.21. The topological polar surface area (TPSA) is 3.24 Å². The van der Waals surface area contributed by atoms with Crippen molar-refractivity contribution < 1.29 is 0 Å². The molecule has 0 radical (unpaired) electrons. The maximum absolute atomic E-state index is 6.21. The van der Waals surface area contributed by atoms with E-state index in [0.29, 0.717) is 0 Å². The highest BCUT2D eigenvalue weighted by Gasteiger charge is 2.20. The van der Waals surface area contributed by atoms with Crippen LogP contribution in [0.1, 0.15) is 17.5 Å². The summed E-state index contributed by atoms with van der Waals surface area (Å²) in [7, 11) is 4.21. The molecule has 0 aromatic heterocycles. The molecule has 2 aromatic rings. The predicted molar refractivity (Wildman–Crippen MR) is 99.5 cm³/mol. The van der Waals surface area contributed by atoms with E-state index in [0.717, 1.165) is 18.0 Å². The van der Waals surface area contributed by atoms with Crippen LogP contribution < -0.4 is 0 Å². The van der Waals surface area contributed by atoms with Gasteiger partial charge in [0.15, 0.2) is 0 Å². The third-order valence-electron chi connectivity index (χ3n) is 3.55. The van der Waals surface area contributed by atoms with Crippen molar-refractivity contribution in [2.45, 2.75) is 16.2 Å². The minimum atomic E-state index is 0. The van der Waals surface area contributed by atoms with E-state index in [1.807, 2.05) is 17.8 Å². The third kappa shape index (κ3) is 3.69. The first-order chi connectivity index (χ1) is 10.1. The second kappa shape index (κ2) is 7.56. The molecule has 1 aliphatic rings. The number of hydrogen-bond donors (Lipinski definition) is 0. The van der Waals surface area contributed by atoms with Crippen molar-refractivity contribution in [1.82, 2.24) is 4.90 Å². The Balaban J connectivity index is 0.00000176. The van der Waals surface area contributed by atoms with Crippen LogP contribution in [0.25, 0.3) is 5.57 Å². The largest absolute Gasteiger partial charge is 0.309 e. The number of benzene rings is 2. The van der Waals surface area contributed by atoms with Crippen LogP contribution in [0.5, 0.6) is 0 Å². The Morgan fingerprint density at radius 1 is 1.05 bits per heavy atom. The van der Waals surface area contributed by atoms with Crippen molar-refractivity contribution in [3.63, 3.8) is 0 Å². The second-order valence-corrected chi connectivity index (χ2v) is 6.97. The van der Waals surface area contributed by atoms with Gasteiger partial charge in [0.05, 0.1) is 0 Å². The monoisotopic (exact) mass is 351 g/mol. The van der Waals surface area contributed by atoms with Gasteiger partial charge < -0.3 is 4.90 Å². The highest BCUT2D eigenvalue weighted by molar-refractivity contribution is 7.99. The summed E-state index contributed by atoms with van der Waals surface area (Å²) in [5.41, 5.74) is 3.88. The van der Waals surface area contributed by atoms with Gasteiger partial charge in [-0.3, -0.25) is 0 Å². The lowest BCUT2D eigenvalue weighted by atomic mass is 9.96. The molecule has 0 aliphatic carbocycles. The summed E-state index contributed by atoms with van der Waals surface area (Å²) in [5.74, 6) is 0. The summed E-state index contributed by atoms with van der Waals surface area (Å²) in [4.78, 5) is 4.82. The highest BCUT2D eigenvalue weighted by atomic mass is 35.5. The molecule has 0 fully saturated rings. The molecule has 1 aliphatic heterocycles. The van der Waals surface area contributed by atoms with Crippen LogP contribution in [0.15, 0.2) is 58.3 Å². The average molecular weight is 352 g/mol. The first kappa shape index (κ1) is 17.4. The van der Waals surface area contributed by atoms with E-state index in [-0.39, 0.29) is 12.4 Å². The first-order valence-electron chi connectivity index (χ1n) is 7.07. The molecule has 116 valence electrons. The van der Waals surface area contributed by atoms with E-state index in [9.17, 15) is 0 Å². The standard InChI is InChI=1S/C18H18ClNS.ClH/c1-20(2)11-5-7-14-15-6-3-4-8-17(15)21-18-10-9-13(19)12-16(14)18;/h3-4,6-10,12H,5,11H2,1-2H3;1H/b14-7-;. The summed E-state index contributed by atoms with van der Waals surface area (Å²) < 4.78 is 0. The van der Waals surface area contributed by atoms with Gasteiger partial charge in [0, 0.05) is 21.4 Å². The molecule has 22 heavy (non-hydrogen) atoms. The van der Waals surface area contributed by atoms with Gasteiger partial charge in [0.1, 0.15) is 0 Å². The minimum absolute atomic E-state index is 0. The van der Waals surface area contributed by atoms with Crippen LogP contribution in [0.4, 0.5) is 0 Å². The van der Waals surface area contributed by atoms with Crippen LogP contribution in [-0.4, -0.2) is 25.5 Å². The summed E-state index contributed by atoms with van der Waals surface area (Å²) >= 11 is 8.03. The molecule has 0 unspecified atom stereocenters. The molecule has 0 bridgehead atoms. The van der Waals surface area contributed by atoms with Crippen molar-refractivity contribution in [1.29, 1.82) is 0 Å². The van der Waals surface area contributed by atoms with E-state index in [4.69, 9.17) is 11.6 Å². The molecule has 1 nitrogen and oxygen atoms in total. The second-order valence-electron chi connectivity index (χ2n) is 5.45. The third-order valence-corrected chi connectivity index (χ3v) is 4.94. The molecular weight excluding hydrogens is 333 g/mol. The Bertz CT molecular complexity index is 695. The van der Waals surface area contributed by atoms with Crippen molar-refractivity contribution in [3.05, 3.63) is 64.7 Å². The van der Waals surface area contributed by atoms with Crippen LogP contribution in [0, 0.1) is 0 Å². The first-order valence-corrected chi connectivity index (χ1v) is 8.26. The van der Waals surface area contributed by atoms with E-state index in [2.05, 4.69) is 61.5 Å². The molecule has 0 saturated carbocycles. The average Bonchev–Trinajstić information content (AvgIpc) is 2.46. The Hall–Kier alpha value is -0.930. The van der Waals surface area contributed by atoms with Gasteiger partial charge in [-0.05, 0) is 61.5 Å². The van der Waals surface area contributed by atoms with Gasteiger partial charge in [0.2, 0.25) is 0 Å². The number of nitrogens with zero attached hydrogens (tertiary/aromatic N) is 1. The fraction of sp³-hybridized carbons (Fsp3) is 0.222. The van der Waals surface area contributed by atoms with Gasteiger partial charge in [-0.2, -0.15) is 0 Å². The van der Waals surface area contributed by atoms with E-state index < -0.39 is 0 Å². The zero-order chi connectivity index (χ0) is 14.8. The Kier molecular flexibility index (Phi) is 5.99. The molecule has 2 aromatic carbocycles. The molecule has 0 spiro atoms. The van der Waals surface area contributed by atoms with E-state index >= 15 is 0 Å². The zero-order valence-electron chi connectivity index (χ0n) is 12.7. The zero-order valence-corrected chi connectivity index (χ0v) is 15.1. The van der Waals surface area contributed by atoms with Crippen LogP contribution in [0.2, 0.25) is 5.02 Å². The lowest BCUT2D eigenvalue weighted by Crippen LogP contribution is -2.12. The predicted octanol–water partition coefficient (Wildman–Crippen LogP) is 5.61. The fourth-order valence-corrected chi connectivity index (χ4v) is 3.79. The van der Waals surface area contributed by atoms with Crippen molar-refractivity contribution in [2.75, 3.05) is 20.6 Å². The van der Waals surface area contributed by atoms with Crippen molar-refractivity contribution in [3.8, 4) is 0 Å². The van der Waals surface area contributed by atoms with Crippen LogP contribution in [-0.2, 0) is 0 Å². The minimum Gasteiger partial charge on any atom is -0.309 e. The van der Waals surface area contributed by atoms with Gasteiger partial charge in [-0.15, -0.1) is 12.4 Å². The van der Waals surface area contributed by atoms with E-state index in [1.165, 1.54) is 26.5 Å². The normalized spacial score (nSPS) is 14.5. The molecule has 0 N–H and O–H groups in total. The number of rotatable bonds is 3. The lowest BCUT2D eigenvalue weighted by molar-refractivity contribution is 0.417. The maximum Gasteiger partial charge on any atom is 0.0412 e. The van der Waals surface area contributed by atoms with Gasteiger partial charge in [-0.1, -0.05) is 47.6 Å². The summed E-state index contributed by atoms with van der Waals surface area (Å²) in [6, 6.07) is 14.8. The number of halogens is 2. The molecule has 0 saturated heterocycles. The quantitative estimate of drug-likeness (QED) is 0.603. The molecule has 1 heterocycles. The Labute approximate surface area is 147 Å². The lowest BCUT2D eigenvalue weighted by Gasteiger charge is -2.22. The number of hydrogen-bond acceptors (Lipinski definition) is 2. The van der Waals surface area contributed by atoms with Gasteiger partial charge in [-0.25, -0.2) is 0 Å². The van der Waals surface area contributed by atoms with Crippen LogP contribution >= 0.6 is 35.8 Å². The summed E-state index contributed by atoms with van der Waals surface area (Å²) in [6.45, 7) is 1.05. The SMILES string of the molecule is CN(C)CC/C=C1/c2ccccc2Sc2ccc(Cl)cc21.Cl. The molecule has 4 heteroatoms. The smallest absolute Gasteiger partial charge is 0.0412 e. The van der Waals surface area contributed by atoms with Crippen LogP contribution in [0.3, 0.4) is 0 Å². The van der Waals surface area contributed by atoms with Gasteiger partial charge >= 0.3 is 0 Å². The summed E-state index contributed by atoms with van der Waals surface area (Å²) in [5, 5.41) is 0.798. The molecule has 0 amide bonds. The highest BCUT2D eigenvalue weighted by Crippen LogP contribution is 2.46. The molecular formula is C18H19Cl2NS. The summed E-state index contributed by atoms with van der Waals surface area (Å²) in [6.07, 6.45) is 3.38. The Morgan fingerprint density at radius 3 is 2.55 bits per heavy atom. The van der Waals surface area contributed by atoms with Crippen molar-refractivity contribution in [2.24, 2.45) is 0 Å². The van der Waals surface area contributed by atoms with Crippen molar-refractivity contribution >= 4 is 41.3 Å². The van der Waals surface area contributed by atoms with E-state index in [1.54, 1.807) is 0 Å². The Morgan fingerprint density at radius 2 is 1.77 bits per heavy atom. The number of fused-ring (bicyclic) bond motifs is 2. The van der Waals surface area contributed by atoms with Gasteiger partial charge in [0.25, 0.3) is 0 Å².